The van der Waals surface area contributed by atoms with Crippen LogP contribution in [0.15, 0.2) is 0 Å². The van der Waals surface area contributed by atoms with Crippen LogP contribution in [-0.4, -0.2) is 52.4 Å². The molecule has 0 spiro atoms. The largest absolute Gasteiger partial charge is 0.314 e. The monoisotopic (exact) mass is 384 g/mol. The van der Waals surface area contributed by atoms with E-state index in [9.17, 15) is 0 Å². The molecule has 27 heavy (non-hydrogen) atoms. The molecule has 1 heterocycles. The lowest BCUT2D eigenvalue weighted by atomic mass is 10.1. The topological polar surface area (TPSA) is 48.1 Å². The predicted octanol–water partition coefficient (Wildman–Crippen LogP) is 4.46. The number of unbranched alkanes of at least 4 members (excludes halogenated alkanes) is 12. The third-order valence-corrected chi connectivity index (χ3v) is 5.12. The van der Waals surface area contributed by atoms with Crippen LogP contribution in [-0.2, 0) is 0 Å². The Morgan fingerprint density at radius 2 is 0.519 bits per heavy atom. The van der Waals surface area contributed by atoms with Crippen molar-refractivity contribution in [3.05, 3.63) is 0 Å². The van der Waals surface area contributed by atoms with Crippen LogP contribution in [0, 0.1) is 0 Å². The van der Waals surface area contributed by atoms with Crippen LogP contribution < -0.4 is 21.3 Å². The molecule has 0 aromatic carbocycles. The van der Waals surface area contributed by atoms with E-state index >= 15 is 0 Å². The van der Waals surface area contributed by atoms with Crippen molar-refractivity contribution in [3.63, 3.8) is 0 Å². The minimum atomic E-state index is 1.07. The molecule has 0 saturated carbocycles. The highest BCUT2D eigenvalue weighted by Gasteiger charge is 1.93. The summed E-state index contributed by atoms with van der Waals surface area (Å²) in [7, 11) is 0. The Bertz CT molecular complexity index is 194. The first-order chi connectivity index (χ1) is 13.4. The minimum Gasteiger partial charge on any atom is -0.314 e. The zero-order valence-corrected chi connectivity index (χ0v) is 18.8. The van der Waals surface area contributed by atoms with Gasteiger partial charge >= 0.3 is 0 Å². The number of nitrogens with one attached hydrogen (secondary N) is 4. The van der Waals surface area contributed by atoms with Crippen LogP contribution >= 0.6 is 0 Å². The van der Waals surface area contributed by atoms with Gasteiger partial charge in [-0.2, -0.15) is 0 Å². The van der Waals surface area contributed by atoms with Crippen molar-refractivity contribution in [2.45, 2.75) is 97.3 Å². The average molecular weight is 385 g/mol. The maximum Gasteiger partial charge on any atom is 0.00772 e. The predicted molar refractivity (Wildman–Crippen MR) is 123 cm³/mol. The summed E-state index contributed by atoms with van der Waals surface area (Å²) >= 11 is 0. The van der Waals surface area contributed by atoms with E-state index in [2.05, 4.69) is 35.1 Å². The van der Waals surface area contributed by atoms with E-state index in [0.717, 1.165) is 52.4 Å². The van der Waals surface area contributed by atoms with Crippen LogP contribution in [0.3, 0.4) is 0 Å². The van der Waals surface area contributed by atoms with Gasteiger partial charge in [0, 0.05) is 52.4 Å². The minimum absolute atomic E-state index is 1.07. The van der Waals surface area contributed by atoms with Gasteiger partial charge in [0.05, 0.1) is 0 Å². The van der Waals surface area contributed by atoms with Gasteiger partial charge in [-0.05, 0) is 0 Å². The fourth-order valence-corrected chi connectivity index (χ4v) is 3.30. The van der Waals surface area contributed by atoms with Crippen LogP contribution in [0.4, 0.5) is 0 Å². The SMILES string of the molecule is C1CNCCNCCNCCN1.CCCCCCCCCCCCCCC. The summed E-state index contributed by atoms with van der Waals surface area (Å²) in [5.41, 5.74) is 0. The van der Waals surface area contributed by atoms with Gasteiger partial charge in [0.1, 0.15) is 0 Å². The van der Waals surface area contributed by atoms with Crippen LogP contribution in [0.2, 0.25) is 0 Å². The smallest absolute Gasteiger partial charge is 0.00772 e. The lowest BCUT2D eigenvalue weighted by Gasteiger charge is -2.11. The van der Waals surface area contributed by atoms with E-state index in [0.29, 0.717) is 0 Å². The summed E-state index contributed by atoms with van der Waals surface area (Å²) in [5, 5.41) is 13.4. The second-order valence-electron chi connectivity index (χ2n) is 7.89. The molecule has 0 bridgehead atoms. The molecule has 1 saturated heterocycles. The van der Waals surface area contributed by atoms with Gasteiger partial charge in [-0.3, -0.25) is 0 Å². The molecule has 1 fully saturated rings. The second kappa shape index (κ2) is 25.8. The van der Waals surface area contributed by atoms with Gasteiger partial charge in [-0.1, -0.05) is 97.3 Å². The van der Waals surface area contributed by atoms with E-state index in [1.807, 2.05) is 0 Å². The van der Waals surface area contributed by atoms with E-state index in [1.54, 1.807) is 0 Å². The Hall–Kier alpha value is -0.160. The fourth-order valence-electron chi connectivity index (χ4n) is 3.30. The van der Waals surface area contributed by atoms with E-state index in [4.69, 9.17) is 0 Å². The first-order valence-corrected chi connectivity index (χ1v) is 12.2. The summed E-state index contributed by atoms with van der Waals surface area (Å²) < 4.78 is 0. The molecule has 4 N–H and O–H groups in total. The summed E-state index contributed by atoms with van der Waals surface area (Å²) in [6.45, 7) is 13.1. The zero-order valence-electron chi connectivity index (χ0n) is 18.8. The van der Waals surface area contributed by atoms with Gasteiger partial charge in [-0.15, -0.1) is 0 Å². The normalized spacial score (nSPS) is 16.7. The Balaban J connectivity index is 0.000000511. The number of hydrogen-bond acceptors (Lipinski definition) is 4. The van der Waals surface area contributed by atoms with Crippen molar-refractivity contribution < 1.29 is 0 Å². The van der Waals surface area contributed by atoms with Crippen LogP contribution in [0.1, 0.15) is 97.3 Å². The zero-order chi connectivity index (χ0) is 19.7. The maximum atomic E-state index is 3.36. The van der Waals surface area contributed by atoms with Crippen molar-refractivity contribution in [1.29, 1.82) is 0 Å². The van der Waals surface area contributed by atoms with Gasteiger partial charge < -0.3 is 21.3 Å². The van der Waals surface area contributed by atoms with Crippen molar-refractivity contribution in [2.75, 3.05) is 52.4 Å². The second-order valence-corrected chi connectivity index (χ2v) is 7.89. The highest BCUT2D eigenvalue weighted by Crippen LogP contribution is 2.12. The van der Waals surface area contributed by atoms with Crippen molar-refractivity contribution in [2.24, 2.45) is 0 Å². The Labute approximate surface area is 171 Å². The number of hydrogen-bond donors (Lipinski definition) is 4. The Kier molecular flexibility index (Phi) is 25.7. The molecule has 1 aliphatic heterocycles. The summed E-state index contributed by atoms with van der Waals surface area (Å²) in [5.74, 6) is 0. The van der Waals surface area contributed by atoms with Crippen LogP contribution in [0.25, 0.3) is 0 Å². The molecular weight excluding hydrogens is 332 g/mol. The Morgan fingerprint density at radius 1 is 0.333 bits per heavy atom. The molecular formula is C23H52N4. The molecule has 4 nitrogen and oxygen atoms in total. The Morgan fingerprint density at radius 3 is 0.704 bits per heavy atom. The molecule has 1 rings (SSSR count). The summed E-state index contributed by atoms with van der Waals surface area (Å²) in [6, 6.07) is 0. The van der Waals surface area contributed by atoms with Gasteiger partial charge in [0.2, 0.25) is 0 Å². The molecule has 0 aliphatic carbocycles. The van der Waals surface area contributed by atoms with Gasteiger partial charge in [-0.25, -0.2) is 0 Å². The molecule has 0 atom stereocenters. The summed E-state index contributed by atoms with van der Waals surface area (Å²) in [6.07, 6.45) is 18.9. The lowest BCUT2D eigenvalue weighted by molar-refractivity contribution is 0.534. The molecule has 0 aromatic rings. The van der Waals surface area contributed by atoms with E-state index in [1.165, 1.54) is 83.5 Å². The van der Waals surface area contributed by atoms with Gasteiger partial charge in [0.15, 0.2) is 0 Å². The summed E-state index contributed by atoms with van der Waals surface area (Å²) in [4.78, 5) is 0. The van der Waals surface area contributed by atoms with Crippen LogP contribution in [0.5, 0.6) is 0 Å². The van der Waals surface area contributed by atoms with Crippen molar-refractivity contribution >= 4 is 0 Å². The standard InChI is InChI=1S/C15H32.C8H20N4/c1-3-5-7-9-11-13-15-14-12-10-8-6-4-2;1-2-10-5-6-12-8-7-11-4-3-9-1/h3-15H2,1-2H3;9-12H,1-8H2. The fraction of sp³-hybridized carbons (Fsp3) is 1.00. The lowest BCUT2D eigenvalue weighted by Crippen LogP contribution is -2.39. The molecule has 0 radical (unpaired) electrons. The highest BCUT2D eigenvalue weighted by molar-refractivity contribution is 4.59. The molecule has 4 heteroatoms. The first kappa shape index (κ1) is 26.8. The molecule has 1 aliphatic rings. The third kappa shape index (κ3) is 25.8. The maximum absolute atomic E-state index is 3.36. The molecule has 0 amide bonds. The third-order valence-electron chi connectivity index (χ3n) is 5.12. The first-order valence-electron chi connectivity index (χ1n) is 12.2. The number of rotatable bonds is 12. The quantitative estimate of drug-likeness (QED) is 0.375. The molecule has 0 aromatic heterocycles. The molecule has 164 valence electrons. The van der Waals surface area contributed by atoms with Crippen molar-refractivity contribution in [3.8, 4) is 0 Å². The van der Waals surface area contributed by atoms with Crippen molar-refractivity contribution in [1.82, 2.24) is 21.3 Å². The molecule has 0 unspecified atom stereocenters. The van der Waals surface area contributed by atoms with E-state index < -0.39 is 0 Å². The van der Waals surface area contributed by atoms with E-state index in [-0.39, 0.29) is 0 Å². The highest BCUT2D eigenvalue weighted by atomic mass is 15.0. The average Bonchev–Trinajstić information content (AvgIpc) is 2.67. The van der Waals surface area contributed by atoms with Gasteiger partial charge in [0.25, 0.3) is 0 Å².